The molecule has 0 bridgehead atoms. The van der Waals surface area contributed by atoms with Gasteiger partial charge in [0.25, 0.3) is 5.91 Å². The van der Waals surface area contributed by atoms with Crippen LogP contribution in [0, 0.1) is 13.8 Å². The number of hydrogen-bond acceptors (Lipinski definition) is 6. The summed E-state index contributed by atoms with van der Waals surface area (Å²) >= 11 is 3.21. The van der Waals surface area contributed by atoms with E-state index in [9.17, 15) is 4.79 Å². The SMILES string of the molecule is Cc1ccc(CSC2=NN3C(=c4ccccc4=NC3c3ccc(C)s3)C(=O)N2)cc1. The van der Waals surface area contributed by atoms with Gasteiger partial charge in [-0.1, -0.05) is 59.8 Å². The third-order valence-corrected chi connectivity index (χ3v) is 7.00. The highest BCUT2D eigenvalue weighted by molar-refractivity contribution is 8.13. The minimum Gasteiger partial charge on any atom is -0.298 e. The fourth-order valence-corrected chi connectivity index (χ4v) is 5.21. The summed E-state index contributed by atoms with van der Waals surface area (Å²) < 4.78 is 0. The lowest BCUT2D eigenvalue weighted by Gasteiger charge is -2.33. The van der Waals surface area contributed by atoms with Gasteiger partial charge in [0, 0.05) is 15.8 Å². The highest BCUT2D eigenvalue weighted by atomic mass is 32.2. The molecule has 150 valence electrons. The van der Waals surface area contributed by atoms with Gasteiger partial charge in [-0.25, -0.2) is 5.01 Å². The van der Waals surface area contributed by atoms with E-state index in [1.165, 1.54) is 27.8 Å². The van der Waals surface area contributed by atoms with Gasteiger partial charge >= 0.3 is 0 Å². The molecule has 1 unspecified atom stereocenters. The average molecular weight is 433 g/mol. The molecule has 0 saturated heterocycles. The first-order chi connectivity index (χ1) is 14.6. The van der Waals surface area contributed by atoms with E-state index >= 15 is 0 Å². The van der Waals surface area contributed by atoms with Crippen LogP contribution in [0.4, 0.5) is 0 Å². The summed E-state index contributed by atoms with van der Waals surface area (Å²) in [6.07, 6.45) is -0.338. The van der Waals surface area contributed by atoms with Gasteiger partial charge in [0.15, 0.2) is 11.3 Å². The van der Waals surface area contributed by atoms with Gasteiger partial charge in [0.2, 0.25) is 0 Å². The summed E-state index contributed by atoms with van der Waals surface area (Å²) in [7, 11) is 0. The van der Waals surface area contributed by atoms with Crippen LogP contribution in [0.25, 0.3) is 5.70 Å². The molecule has 2 aliphatic rings. The molecular formula is C23H20N4OS2. The Bertz CT molecular complexity index is 1280. The quantitative estimate of drug-likeness (QED) is 0.690. The van der Waals surface area contributed by atoms with E-state index in [2.05, 4.69) is 55.6 Å². The number of aryl methyl sites for hydroxylation is 2. The van der Waals surface area contributed by atoms with E-state index in [0.29, 0.717) is 10.9 Å². The monoisotopic (exact) mass is 432 g/mol. The molecule has 1 amide bonds. The van der Waals surface area contributed by atoms with Gasteiger partial charge in [-0.2, -0.15) is 0 Å². The predicted octanol–water partition coefficient (Wildman–Crippen LogP) is 3.44. The number of benzene rings is 2. The third-order valence-electron chi connectivity index (χ3n) is 5.03. The van der Waals surface area contributed by atoms with Crippen molar-refractivity contribution in [2.75, 3.05) is 0 Å². The molecule has 5 rings (SSSR count). The predicted molar refractivity (Wildman–Crippen MR) is 122 cm³/mol. The molecule has 5 nitrogen and oxygen atoms in total. The molecule has 30 heavy (non-hydrogen) atoms. The summed E-state index contributed by atoms with van der Waals surface area (Å²) in [5, 5.41) is 11.8. The maximum Gasteiger partial charge on any atom is 0.276 e. The maximum absolute atomic E-state index is 13.1. The number of amides is 1. The van der Waals surface area contributed by atoms with Crippen molar-refractivity contribution in [3.05, 3.63) is 92.1 Å². The molecule has 0 fully saturated rings. The Balaban J connectivity index is 1.54. The van der Waals surface area contributed by atoms with Crippen molar-refractivity contribution < 1.29 is 4.79 Å². The number of nitrogens with zero attached hydrogens (tertiary/aromatic N) is 3. The van der Waals surface area contributed by atoms with E-state index in [4.69, 9.17) is 10.1 Å². The van der Waals surface area contributed by atoms with Crippen molar-refractivity contribution in [1.82, 2.24) is 10.3 Å². The van der Waals surface area contributed by atoms with Crippen LogP contribution in [-0.2, 0) is 10.5 Å². The van der Waals surface area contributed by atoms with Gasteiger partial charge in [-0.3, -0.25) is 15.1 Å². The molecule has 0 aliphatic carbocycles. The third kappa shape index (κ3) is 3.55. The van der Waals surface area contributed by atoms with Crippen molar-refractivity contribution in [1.29, 1.82) is 0 Å². The van der Waals surface area contributed by atoms with Crippen LogP contribution < -0.4 is 15.9 Å². The molecule has 0 saturated carbocycles. The Hall–Kier alpha value is -2.90. The normalized spacial score (nSPS) is 17.6. The fourth-order valence-electron chi connectivity index (χ4n) is 3.51. The van der Waals surface area contributed by atoms with Crippen molar-refractivity contribution >= 4 is 39.9 Å². The van der Waals surface area contributed by atoms with Gasteiger partial charge in [0.1, 0.15) is 5.70 Å². The maximum atomic E-state index is 13.1. The second kappa shape index (κ2) is 7.74. The van der Waals surface area contributed by atoms with Gasteiger partial charge in [-0.15, -0.1) is 16.4 Å². The molecule has 7 heteroatoms. The van der Waals surface area contributed by atoms with Crippen molar-refractivity contribution in [3.8, 4) is 0 Å². The lowest BCUT2D eigenvalue weighted by atomic mass is 10.1. The lowest BCUT2D eigenvalue weighted by molar-refractivity contribution is -0.116. The van der Waals surface area contributed by atoms with Crippen LogP contribution in [0.3, 0.4) is 0 Å². The minimum absolute atomic E-state index is 0.142. The first kappa shape index (κ1) is 19.1. The zero-order valence-corrected chi connectivity index (χ0v) is 18.3. The van der Waals surface area contributed by atoms with Crippen LogP contribution >= 0.6 is 23.1 Å². The number of rotatable bonds is 3. The second-order valence-corrected chi connectivity index (χ2v) is 9.58. The molecule has 1 aromatic heterocycles. The first-order valence-electron chi connectivity index (χ1n) is 9.69. The number of hydrogen-bond donors (Lipinski definition) is 1. The molecular weight excluding hydrogens is 412 g/mol. The van der Waals surface area contributed by atoms with Crippen molar-refractivity contribution in [2.24, 2.45) is 10.1 Å². The number of para-hydroxylation sites is 1. The fraction of sp³-hybridized carbons (Fsp3) is 0.174. The smallest absolute Gasteiger partial charge is 0.276 e. The minimum atomic E-state index is -0.338. The number of amidine groups is 1. The number of carbonyl (C=O) groups excluding carboxylic acids is 1. The van der Waals surface area contributed by atoms with Gasteiger partial charge in [-0.05, 0) is 37.6 Å². The Morgan fingerprint density at radius 2 is 1.87 bits per heavy atom. The Kier molecular flexibility index (Phi) is 4.92. The van der Waals surface area contributed by atoms with E-state index in [1.54, 1.807) is 16.3 Å². The van der Waals surface area contributed by atoms with E-state index in [1.807, 2.05) is 24.3 Å². The number of fused-ring (bicyclic) bond motifs is 2. The summed E-state index contributed by atoms with van der Waals surface area (Å²) in [5.74, 6) is 0.594. The van der Waals surface area contributed by atoms with Crippen LogP contribution in [0.1, 0.15) is 27.0 Å². The second-order valence-electron chi connectivity index (χ2n) is 7.30. The summed E-state index contributed by atoms with van der Waals surface area (Å²) in [4.78, 5) is 20.3. The van der Waals surface area contributed by atoms with E-state index < -0.39 is 0 Å². The van der Waals surface area contributed by atoms with Crippen molar-refractivity contribution in [2.45, 2.75) is 25.8 Å². The Labute approximate surface area is 182 Å². The summed E-state index contributed by atoms with van der Waals surface area (Å²) in [6.45, 7) is 4.15. The van der Waals surface area contributed by atoms with Crippen molar-refractivity contribution in [3.63, 3.8) is 0 Å². The zero-order chi connectivity index (χ0) is 20.7. The molecule has 0 radical (unpaired) electrons. The standard InChI is InChI=1S/C23H20N4OS2/c1-14-7-10-16(11-8-14)13-29-23-25-22(28)20-17-5-3-4-6-18(17)24-21(27(20)26-23)19-12-9-15(2)30-19/h3-12,21H,13H2,1-2H3,(H,25,26,28). The van der Waals surface area contributed by atoms with E-state index in [-0.39, 0.29) is 12.1 Å². The number of carbonyl (C=O) groups is 1. The molecule has 2 aliphatic heterocycles. The summed E-state index contributed by atoms with van der Waals surface area (Å²) in [6, 6.07) is 20.3. The van der Waals surface area contributed by atoms with Crippen LogP contribution in [-0.4, -0.2) is 16.1 Å². The largest absolute Gasteiger partial charge is 0.298 e. The summed E-state index contributed by atoms with van der Waals surface area (Å²) in [5.41, 5.74) is 2.97. The van der Waals surface area contributed by atoms with E-state index in [0.717, 1.165) is 21.2 Å². The van der Waals surface area contributed by atoms with Crippen LogP contribution in [0.2, 0.25) is 0 Å². The molecule has 0 spiro atoms. The van der Waals surface area contributed by atoms with Crippen LogP contribution in [0.5, 0.6) is 0 Å². The Morgan fingerprint density at radius 3 is 2.63 bits per heavy atom. The van der Waals surface area contributed by atoms with Gasteiger partial charge in [0.05, 0.1) is 10.2 Å². The number of thioether (sulfide) groups is 1. The number of nitrogens with one attached hydrogen (secondary N) is 1. The molecule has 2 aromatic carbocycles. The molecule has 1 N–H and O–H groups in total. The number of thiophene rings is 1. The zero-order valence-electron chi connectivity index (χ0n) is 16.6. The lowest BCUT2D eigenvalue weighted by Crippen LogP contribution is -2.50. The van der Waals surface area contributed by atoms with Crippen LogP contribution in [0.15, 0.2) is 70.8 Å². The highest BCUT2D eigenvalue weighted by Gasteiger charge is 2.34. The first-order valence-corrected chi connectivity index (χ1v) is 11.5. The Morgan fingerprint density at radius 1 is 1.07 bits per heavy atom. The molecule has 3 heterocycles. The highest BCUT2D eigenvalue weighted by Crippen LogP contribution is 2.34. The van der Waals surface area contributed by atoms with Gasteiger partial charge < -0.3 is 0 Å². The number of hydrazone groups is 1. The average Bonchev–Trinajstić information content (AvgIpc) is 3.18. The molecule has 1 atom stereocenters. The topological polar surface area (TPSA) is 57.1 Å². The molecule has 3 aromatic rings.